The van der Waals surface area contributed by atoms with Crippen molar-refractivity contribution in [3.8, 4) is 22.8 Å². The van der Waals surface area contributed by atoms with Gasteiger partial charge in [-0.15, -0.1) is 0 Å². The smallest absolute Gasteiger partial charge is 0.258 e. The summed E-state index contributed by atoms with van der Waals surface area (Å²) in [5.74, 6) is 1.04. The molecule has 0 saturated carbocycles. The van der Waals surface area contributed by atoms with Crippen LogP contribution in [0.5, 0.6) is 0 Å². The summed E-state index contributed by atoms with van der Waals surface area (Å²) in [6.07, 6.45) is 0. The van der Waals surface area contributed by atoms with Gasteiger partial charge in [-0.3, -0.25) is 0 Å². The summed E-state index contributed by atoms with van der Waals surface area (Å²) in [5.41, 5.74) is 9.28. The Morgan fingerprint density at radius 1 is 1.15 bits per heavy atom. The number of benzene rings is 2. The van der Waals surface area contributed by atoms with E-state index >= 15 is 0 Å². The van der Waals surface area contributed by atoms with Crippen molar-refractivity contribution in [2.45, 2.75) is 6.92 Å². The third kappa shape index (κ3) is 2.44. The van der Waals surface area contributed by atoms with E-state index in [1.807, 2.05) is 49.4 Å². The summed E-state index contributed by atoms with van der Waals surface area (Å²) in [4.78, 5) is 4.43. The molecule has 5 heteroatoms. The fourth-order valence-corrected chi connectivity index (χ4v) is 2.48. The summed E-state index contributed by atoms with van der Waals surface area (Å²) in [7, 11) is 0. The molecule has 0 fully saturated rings. The first-order valence-electron chi connectivity index (χ1n) is 6.09. The number of nitrogen functional groups attached to an aromatic ring is 1. The van der Waals surface area contributed by atoms with Crippen LogP contribution in [-0.2, 0) is 0 Å². The molecule has 2 N–H and O–H groups in total. The van der Waals surface area contributed by atoms with E-state index in [0.29, 0.717) is 17.4 Å². The third-order valence-electron chi connectivity index (χ3n) is 2.99. The maximum absolute atomic E-state index is 5.76. The van der Waals surface area contributed by atoms with Crippen LogP contribution in [0.1, 0.15) is 5.56 Å². The van der Waals surface area contributed by atoms with Crippen LogP contribution in [0.3, 0.4) is 0 Å². The zero-order valence-corrected chi connectivity index (χ0v) is 12.4. The Bertz CT molecular complexity index is 767. The number of nitrogens with zero attached hydrogens (tertiary/aromatic N) is 2. The third-order valence-corrected chi connectivity index (χ3v) is 3.48. The minimum atomic E-state index is 0.467. The molecule has 0 atom stereocenters. The Balaban J connectivity index is 2.02. The first kappa shape index (κ1) is 12.9. The van der Waals surface area contributed by atoms with Crippen LogP contribution in [-0.4, -0.2) is 10.1 Å². The van der Waals surface area contributed by atoms with Crippen LogP contribution in [0, 0.1) is 6.92 Å². The molecule has 4 nitrogen and oxygen atoms in total. The second-order valence-corrected chi connectivity index (χ2v) is 5.42. The molecule has 100 valence electrons. The molecule has 3 rings (SSSR count). The van der Waals surface area contributed by atoms with E-state index in [2.05, 4.69) is 26.1 Å². The van der Waals surface area contributed by atoms with E-state index in [0.717, 1.165) is 21.2 Å². The van der Waals surface area contributed by atoms with Crippen LogP contribution < -0.4 is 5.73 Å². The van der Waals surface area contributed by atoms with Gasteiger partial charge in [0, 0.05) is 21.3 Å². The molecule has 0 radical (unpaired) electrons. The van der Waals surface area contributed by atoms with Gasteiger partial charge < -0.3 is 10.3 Å². The van der Waals surface area contributed by atoms with Crippen LogP contribution in [0.4, 0.5) is 5.69 Å². The lowest BCUT2D eigenvalue weighted by atomic mass is 10.1. The molecular weight excluding hydrogens is 318 g/mol. The topological polar surface area (TPSA) is 64.9 Å². The molecule has 0 aliphatic rings. The van der Waals surface area contributed by atoms with E-state index in [-0.39, 0.29) is 0 Å². The quantitative estimate of drug-likeness (QED) is 0.720. The Labute approximate surface area is 124 Å². The highest BCUT2D eigenvalue weighted by atomic mass is 79.9. The standard InChI is InChI=1S/C15H12BrN3O/c1-9-7-11(16)5-6-13(9)14-18-15(20-19-14)10-3-2-4-12(17)8-10/h2-8H,17H2,1H3. The molecule has 0 unspecified atom stereocenters. The van der Waals surface area contributed by atoms with Crippen LogP contribution in [0.15, 0.2) is 51.5 Å². The zero-order valence-electron chi connectivity index (χ0n) is 10.8. The molecule has 0 amide bonds. The van der Waals surface area contributed by atoms with E-state index < -0.39 is 0 Å². The number of rotatable bonds is 2. The monoisotopic (exact) mass is 329 g/mol. The zero-order chi connectivity index (χ0) is 14.1. The SMILES string of the molecule is Cc1cc(Br)ccc1-c1noc(-c2cccc(N)c2)n1. The molecule has 0 spiro atoms. The predicted molar refractivity (Wildman–Crippen MR) is 82.0 cm³/mol. The number of anilines is 1. The summed E-state index contributed by atoms with van der Waals surface area (Å²) >= 11 is 3.44. The summed E-state index contributed by atoms with van der Waals surface area (Å²) in [6, 6.07) is 13.3. The average Bonchev–Trinajstić information content (AvgIpc) is 2.88. The molecule has 1 heterocycles. The first-order valence-corrected chi connectivity index (χ1v) is 6.89. The number of aryl methyl sites for hydroxylation is 1. The Morgan fingerprint density at radius 3 is 2.75 bits per heavy atom. The van der Waals surface area contributed by atoms with Gasteiger partial charge in [-0.2, -0.15) is 4.98 Å². The average molecular weight is 330 g/mol. The molecule has 3 aromatic rings. The van der Waals surface area contributed by atoms with Crippen molar-refractivity contribution in [3.05, 3.63) is 52.5 Å². The minimum absolute atomic E-state index is 0.467. The van der Waals surface area contributed by atoms with Crippen molar-refractivity contribution in [2.24, 2.45) is 0 Å². The number of nitrogens with two attached hydrogens (primary N) is 1. The van der Waals surface area contributed by atoms with Gasteiger partial charge in [-0.05, 0) is 48.9 Å². The second kappa shape index (κ2) is 5.09. The number of halogens is 1. The fourth-order valence-electron chi connectivity index (χ4n) is 2.00. The van der Waals surface area contributed by atoms with Gasteiger partial charge in [0.05, 0.1) is 0 Å². The highest BCUT2D eigenvalue weighted by Crippen LogP contribution is 2.27. The van der Waals surface area contributed by atoms with Crippen molar-refractivity contribution in [2.75, 3.05) is 5.73 Å². The summed E-state index contributed by atoms with van der Waals surface area (Å²) in [6.45, 7) is 2.01. The lowest BCUT2D eigenvalue weighted by Crippen LogP contribution is -1.87. The summed E-state index contributed by atoms with van der Waals surface area (Å²) < 4.78 is 6.34. The number of aromatic nitrogens is 2. The largest absolute Gasteiger partial charge is 0.399 e. The molecule has 0 bridgehead atoms. The second-order valence-electron chi connectivity index (χ2n) is 4.51. The molecule has 2 aromatic carbocycles. The number of hydrogen-bond acceptors (Lipinski definition) is 4. The molecule has 1 aromatic heterocycles. The fraction of sp³-hybridized carbons (Fsp3) is 0.0667. The van der Waals surface area contributed by atoms with Crippen molar-refractivity contribution >= 4 is 21.6 Å². The Morgan fingerprint density at radius 2 is 2.00 bits per heavy atom. The van der Waals surface area contributed by atoms with Gasteiger partial charge in [-0.1, -0.05) is 27.2 Å². The van der Waals surface area contributed by atoms with Crippen molar-refractivity contribution < 1.29 is 4.52 Å². The predicted octanol–water partition coefficient (Wildman–Crippen LogP) is 4.06. The number of hydrogen-bond donors (Lipinski definition) is 1. The van der Waals surface area contributed by atoms with Gasteiger partial charge >= 0.3 is 0 Å². The van der Waals surface area contributed by atoms with Gasteiger partial charge in [0.15, 0.2) is 0 Å². The maximum atomic E-state index is 5.76. The van der Waals surface area contributed by atoms with Crippen molar-refractivity contribution in [3.63, 3.8) is 0 Å². The van der Waals surface area contributed by atoms with Gasteiger partial charge in [0.25, 0.3) is 5.89 Å². The Kier molecular flexibility index (Phi) is 3.28. The van der Waals surface area contributed by atoms with Crippen LogP contribution >= 0.6 is 15.9 Å². The minimum Gasteiger partial charge on any atom is -0.399 e. The summed E-state index contributed by atoms with van der Waals surface area (Å²) in [5, 5.41) is 4.04. The van der Waals surface area contributed by atoms with E-state index in [9.17, 15) is 0 Å². The first-order chi connectivity index (χ1) is 9.63. The van der Waals surface area contributed by atoms with E-state index in [4.69, 9.17) is 10.3 Å². The highest BCUT2D eigenvalue weighted by molar-refractivity contribution is 9.10. The van der Waals surface area contributed by atoms with Gasteiger partial charge in [0.1, 0.15) is 0 Å². The van der Waals surface area contributed by atoms with E-state index in [1.165, 1.54) is 0 Å². The Hall–Kier alpha value is -2.14. The molecule has 0 aliphatic heterocycles. The van der Waals surface area contributed by atoms with Crippen LogP contribution in [0.2, 0.25) is 0 Å². The molecular formula is C15H12BrN3O. The van der Waals surface area contributed by atoms with Gasteiger partial charge in [0.2, 0.25) is 5.82 Å². The molecule has 0 aliphatic carbocycles. The molecule has 0 saturated heterocycles. The van der Waals surface area contributed by atoms with Gasteiger partial charge in [-0.25, -0.2) is 0 Å². The highest BCUT2D eigenvalue weighted by Gasteiger charge is 2.12. The van der Waals surface area contributed by atoms with Crippen LogP contribution in [0.25, 0.3) is 22.8 Å². The lowest BCUT2D eigenvalue weighted by molar-refractivity contribution is 0.432. The normalized spacial score (nSPS) is 10.7. The molecule has 20 heavy (non-hydrogen) atoms. The maximum Gasteiger partial charge on any atom is 0.258 e. The van der Waals surface area contributed by atoms with Crippen molar-refractivity contribution in [1.82, 2.24) is 10.1 Å². The van der Waals surface area contributed by atoms with Crippen molar-refractivity contribution in [1.29, 1.82) is 0 Å². The lowest BCUT2D eigenvalue weighted by Gasteiger charge is -2.00. The van der Waals surface area contributed by atoms with E-state index in [1.54, 1.807) is 0 Å².